The van der Waals surface area contributed by atoms with Crippen LogP contribution < -0.4 is 0 Å². The lowest BCUT2D eigenvalue weighted by Gasteiger charge is -2.33. The van der Waals surface area contributed by atoms with E-state index in [0.29, 0.717) is 16.9 Å². The Morgan fingerprint density at radius 1 is 1.20 bits per heavy atom. The van der Waals surface area contributed by atoms with Crippen molar-refractivity contribution in [1.29, 1.82) is 0 Å². The molecule has 0 bridgehead atoms. The second kappa shape index (κ2) is 7.25. The van der Waals surface area contributed by atoms with Crippen molar-refractivity contribution in [2.75, 3.05) is 11.9 Å². The molecule has 0 spiro atoms. The van der Waals surface area contributed by atoms with E-state index in [0.717, 1.165) is 25.7 Å². The van der Waals surface area contributed by atoms with E-state index in [1.165, 1.54) is 6.42 Å². The van der Waals surface area contributed by atoms with Crippen molar-refractivity contribution in [2.24, 2.45) is 0 Å². The van der Waals surface area contributed by atoms with Gasteiger partial charge in [-0.3, -0.25) is 0 Å². The summed E-state index contributed by atoms with van der Waals surface area (Å²) >= 11 is 9.44. The van der Waals surface area contributed by atoms with Crippen LogP contribution in [0.1, 0.15) is 32.1 Å². The highest BCUT2D eigenvalue weighted by molar-refractivity contribution is 9.09. The molecule has 0 N–H and O–H groups in total. The van der Waals surface area contributed by atoms with Crippen molar-refractivity contribution < 1.29 is 8.42 Å². The second-order valence-corrected chi connectivity index (χ2v) is 8.09. The molecule has 1 aliphatic rings. The minimum absolute atomic E-state index is 0.0996. The Morgan fingerprint density at radius 3 is 2.45 bits per heavy atom. The monoisotopic (exact) mass is 379 g/mol. The number of alkyl halides is 1. The van der Waals surface area contributed by atoms with Crippen LogP contribution in [0.4, 0.5) is 0 Å². The number of benzene rings is 1. The molecule has 0 amide bonds. The maximum absolute atomic E-state index is 12.9. The van der Waals surface area contributed by atoms with Crippen LogP contribution in [0.2, 0.25) is 5.02 Å². The minimum atomic E-state index is -3.52. The van der Waals surface area contributed by atoms with Gasteiger partial charge in [-0.15, -0.1) is 0 Å². The fraction of sp³-hybridized carbons (Fsp3) is 0.571. The van der Waals surface area contributed by atoms with Gasteiger partial charge in [0.1, 0.15) is 4.90 Å². The average Bonchev–Trinajstić information content (AvgIpc) is 2.45. The molecule has 112 valence electrons. The summed E-state index contributed by atoms with van der Waals surface area (Å²) in [5.41, 5.74) is 0. The summed E-state index contributed by atoms with van der Waals surface area (Å²) in [5, 5.41) is 0.926. The number of hydrogen-bond acceptors (Lipinski definition) is 2. The zero-order chi connectivity index (χ0) is 14.6. The molecule has 20 heavy (non-hydrogen) atoms. The first-order valence-electron chi connectivity index (χ1n) is 6.89. The predicted molar refractivity (Wildman–Crippen MR) is 86.0 cm³/mol. The molecule has 0 aliphatic heterocycles. The number of sulfonamides is 1. The average molecular weight is 381 g/mol. The lowest BCUT2D eigenvalue weighted by Crippen LogP contribution is -2.42. The third kappa shape index (κ3) is 3.56. The van der Waals surface area contributed by atoms with Crippen LogP contribution in [0.3, 0.4) is 0 Å². The van der Waals surface area contributed by atoms with Crippen molar-refractivity contribution in [2.45, 2.75) is 43.0 Å². The molecule has 1 aliphatic carbocycles. The summed E-state index contributed by atoms with van der Waals surface area (Å²) in [6, 6.07) is 6.77. The molecule has 0 aromatic heterocycles. The zero-order valence-corrected chi connectivity index (χ0v) is 14.4. The Labute approximate surface area is 134 Å². The molecule has 3 nitrogen and oxygen atoms in total. The van der Waals surface area contributed by atoms with E-state index < -0.39 is 10.0 Å². The maximum atomic E-state index is 12.9. The SMILES string of the molecule is O=S(=O)(c1ccccc1Cl)N(CCBr)C1CCCCC1. The van der Waals surface area contributed by atoms with Gasteiger partial charge in [-0.2, -0.15) is 4.31 Å². The number of rotatable bonds is 5. The second-order valence-electron chi connectivity index (χ2n) is 5.03. The fourth-order valence-corrected chi connectivity index (χ4v) is 5.53. The Bertz CT molecular complexity index is 544. The van der Waals surface area contributed by atoms with Gasteiger partial charge in [0.15, 0.2) is 0 Å². The van der Waals surface area contributed by atoms with E-state index in [-0.39, 0.29) is 10.9 Å². The third-order valence-electron chi connectivity index (χ3n) is 3.71. The van der Waals surface area contributed by atoms with Gasteiger partial charge in [-0.05, 0) is 25.0 Å². The summed E-state index contributed by atoms with van der Waals surface area (Å²) in [6.07, 6.45) is 5.28. The molecule has 6 heteroatoms. The van der Waals surface area contributed by atoms with E-state index in [1.807, 2.05) is 0 Å². The van der Waals surface area contributed by atoms with Gasteiger partial charge in [0.25, 0.3) is 0 Å². The van der Waals surface area contributed by atoms with Crippen LogP contribution in [0.15, 0.2) is 29.2 Å². The normalized spacial score (nSPS) is 17.6. The van der Waals surface area contributed by atoms with Crippen LogP contribution in [-0.4, -0.2) is 30.6 Å². The van der Waals surface area contributed by atoms with Crippen LogP contribution in [0, 0.1) is 0 Å². The van der Waals surface area contributed by atoms with Gasteiger partial charge >= 0.3 is 0 Å². The standard InChI is InChI=1S/C14H19BrClNO2S/c15-10-11-17(12-6-2-1-3-7-12)20(18,19)14-9-5-4-8-13(14)16/h4-5,8-9,12H,1-3,6-7,10-11H2. The number of nitrogens with zero attached hydrogens (tertiary/aromatic N) is 1. The molecular formula is C14H19BrClNO2S. The fourth-order valence-electron chi connectivity index (χ4n) is 2.73. The lowest BCUT2D eigenvalue weighted by molar-refractivity contribution is 0.263. The molecule has 0 saturated heterocycles. The van der Waals surface area contributed by atoms with Crippen LogP contribution >= 0.6 is 27.5 Å². The summed E-state index contributed by atoms with van der Waals surface area (Å²) in [7, 11) is -3.52. The van der Waals surface area contributed by atoms with Gasteiger partial charge in [0, 0.05) is 17.9 Å². The zero-order valence-electron chi connectivity index (χ0n) is 11.3. The molecule has 0 radical (unpaired) electrons. The van der Waals surface area contributed by atoms with Crippen molar-refractivity contribution in [3.8, 4) is 0 Å². The predicted octanol–water partition coefficient (Wildman–Crippen LogP) is 4.06. The molecule has 1 fully saturated rings. The van der Waals surface area contributed by atoms with Crippen molar-refractivity contribution in [1.82, 2.24) is 4.31 Å². The van der Waals surface area contributed by atoms with Crippen molar-refractivity contribution in [3.05, 3.63) is 29.3 Å². The third-order valence-corrected chi connectivity index (χ3v) is 6.52. The molecule has 0 unspecified atom stereocenters. The van der Waals surface area contributed by atoms with Gasteiger partial charge in [-0.25, -0.2) is 8.42 Å². The van der Waals surface area contributed by atoms with Crippen LogP contribution in [0.25, 0.3) is 0 Å². The molecular weight excluding hydrogens is 362 g/mol. The van der Waals surface area contributed by atoms with Gasteiger partial charge in [-0.1, -0.05) is 58.9 Å². The molecule has 1 aromatic carbocycles. The summed E-state index contributed by atoms with van der Waals surface area (Å²) < 4.78 is 27.4. The summed E-state index contributed by atoms with van der Waals surface area (Å²) in [5.74, 6) is 0. The quantitative estimate of drug-likeness (QED) is 0.722. The maximum Gasteiger partial charge on any atom is 0.244 e. The lowest BCUT2D eigenvalue weighted by atomic mass is 9.95. The first-order chi connectivity index (χ1) is 9.57. The van der Waals surface area contributed by atoms with Gasteiger partial charge in [0.2, 0.25) is 10.0 Å². The number of halogens is 2. The Hall–Kier alpha value is -0.100. The molecule has 1 aromatic rings. The topological polar surface area (TPSA) is 37.4 Å². The Balaban J connectivity index is 2.34. The first kappa shape index (κ1) is 16.3. The van der Waals surface area contributed by atoms with E-state index in [9.17, 15) is 8.42 Å². The van der Waals surface area contributed by atoms with Gasteiger partial charge < -0.3 is 0 Å². The number of hydrogen-bond donors (Lipinski definition) is 0. The highest BCUT2D eigenvalue weighted by Gasteiger charge is 2.32. The molecule has 2 rings (SSSR count). The molecule has 0 heterocycles. The molecule has 1 saturated carbocycles. The van der Waals surface area contributed by atoms with E-state index >= 15 is 0 Å². The minimum Gasteiger partial charge on any atom is -0.207 e. The molecule has 0 atom stereocenters. The van der Waals surface area contributed by atoms with E-state index in [2.05, 4.69) is 15.9 Å². The largest absolute Gasteiger partial charge is 0.244 e. The smallest absolute Gasteiger partial charge is 0.207 e. The summed E-state index contributed by atoms with van der Waals surface area (Å²) in [6.45, 7) is 0.484. The highest BCUT2D eigenvalue weighted by Crippen LogP contribution is 2.30. The summed E-state index contributed by atoms with van der Waals surface area (Å²) in [4.78, 5) is 0.216. The first-order valence-corrected chi connectivity index (χ1v) is 9.83. The van der Waals surface area contributed by atoms with Gasteiger partial charge in [0.05, 0.1) is 5.02 Å². The van der Waals surface area contributed by atoms with Crippen molar-refractivity contribution >= 4 is 37.6 Å². The van der Waals surface area contributed by atoms with Crippen LogP contribution in [0.5, 0.6) is 0 Å². The Kier molecular flexibility index (Phi) is 5.90. The van der Waals surface area contributed by atoms with Crippen LogP contribution in [-0.2, 0) is 10.0 Å². The van der Waals surface area contributed by atoms with Crippen molar-refractivity contribution in [3.63, 3.8) is 0 Å². The van der Waals surface area contributed by atoms with E-state index in [1.54, 1.807) is 28.6 Å². The Morgan fingerprint density at radius 2 is 1.85 bits per heavy atom. The van der Waals surface area contributed by atoms with E-state index in [4.69, 9.17) is 11.6 Å². The highest BCUT2D eigenvalue weighted by atomic mass is 79.9.